The highest BCUT2D eigenvalue weighted by Gasteiger charge is 2.14. The third-order valence-corrected chi connectivity index (χ3v) is 2.97. The fourth-order valence-electron chi connectivity index (χ4n) is 2.50. The van der Waals surface area contributed by atoms with Crippen LogP contribution in [0, 0.1) is 20.8 Å². The van der Waals surface area contributed by atoms with E-state index >= 15 is 0 Å². The minimum atomic E-state index is 0.299. The van der Waals surface area contributed by atoms with Crippen molar-refractivity contribution >= 4 is 0 Å². The van der Waals surface area contributed by atoms with E-state index < -0.39 is 0 Å². The molecule has 0 spiro atoms. The summed E-state index contributed by atoms with van der Waals surface area (Å²) in [6.07, 6.45) is 0. The van der Waals surface area contributed by atoms with Crippen molar-refractivity contribution in [3.8, 4) is 0 Å². The van der Waals surface area contributed by atoms with E-state index in [1.54, 1.807) is 7.11 Å². The number of hydrogen-bond acceptors (Lipinski definition) is 3. The van der Waals surface area contributed by atoms with Crippen molar-refractivity contribution in [1.29, 1.82) is 0 Å². The molecule has 3 heteroatoms. The van der Waals surface area contributed by atoms with Gasteiger partial charge in [-0.15, -0.1) is 0 Å². The Balaban J connectivity index is 2.85. The monoisotopic (exact) mass is 236 g/mol. The average molecular weight is 236 g/mol. The van der Waals surface area contributed by atoms with Crippen molar-refractivity contribution in [2.45, 2.75) is 46.7 Å². The molecule has 0 bridgehead atoms. The normalized spacial score (nSPS) is 14.7. The summed E-state index contributed by atoms with van der Waals surface area (Å²) < 4.78 is 5.14. The highest BCUT2D eigenvalue weighted by Crippen LogP contribution is 2.21. The first-order chi connectivity index (χ1) is 7.95. The molecule has 17 heavy (non-hydrogen) atoms. The van der Waals surface area contributed by atoms with E-state index in [4.69, 9.17) is 4.74 Å². The standard InChI is InChI=1S/C14H24N2O/c1-9-7-10(2)15-12(4)14(9)13(5)16-11(3)8-17-6/h7,11,13,16H,8H2,1-6H3. The highest BCUT2D eigenvalue weighted by atomic mass is 16.5. The fourth-order valence-corrected chi connectivity index (χ4v) is 2.50. The number of rotatable bonds is 5. The number of methoxy groups -OCH3 is 1. The topological polar surface area (TPSA) is 34.1 Å². The Labute approximate surface area is 105 Å². The Bertz CT molecular complexity index is 353. The van der Waals surface area contributed by atoms with E-state index in [1.165, 1.54) is 11.1 Å². The van der Waals surface area contributed by atoms with Gasteiger partial charge in [-0.3, -0.25) is 4.98 Å². The van der Waals surface area contributed by atoms with Gasteiger partial charge in [0.15, 0.2) is 0 Å². The van der Waals surface area contributed by atoms with E-state index in [-0.39, 0.29) is 0 Å². The van der Waals surface area contributed by atoms with Crippen LogP contribution >= 0.6 is 0 Å². The Morgan fingerprint density at radius 3 is 2.47 bits per heavy atom. The number of nitrogens with one attached hydrogen (secondary N) is 1. The summed E-state index contributed by atoms with van der Waals surface area (Å²) in [7, 11) is 1.73. The summed E-state index contributed by atoms with van der Waals surface area (Å²) in [5.74, 6) is 0. The Morgan fingerprint density at radius 2 is 1.94 bits per heavy atom. The van der Waals surface area contributed by atoms with Crippen LogP contribution in [0.3, 0.4) is 0 Å². The number of ether oxygens (including phenoxy) is 1. The van der Waals surface area contributed by atoms with Gasteiger partial charge in [-0.2, -0.15) is 0 Å². The van der Waals surface area contributed by atoms with Crippen molar-refractivity contribution in [1.82, 2.24) is 10.3 Å². The first-order valence-corrected chi connectivity index (χ1v) is 6.15. The number of nitrogens with zero attached hydrogens (tertiary/aromatic N) is 1. The predicted molar refractivity (Wildman–Crippen MR) is 71.3 cm³/mol. The molecular formula is C14H24N2O. The van der Waals surface area contributed by atoms with Gasteiger partial charge >= 0.3 is 0 Å². The van der Waals surface area contributed by atoms with E-state index in [0.717, 1.165) is 18.0 Å². The van der Waals surface area contributed by atoms with Gasteiger partial charge in [0, 0.05) is 30.6 Å². The number of pyridine rings is 1. The molecule has 0 fully saturated rings. The van der Waals surface area contributed by atoms with E-state index in [0.29, 0.717) is 12.1 Å². The third-order valence-electron chi connectivity index (χ3n) is 2.97. The van der Waals surface area contributed by atoms with E-state index in [2.05, 4.69) is 44.1 Å². The largest absolute Gasteiger partial charge is 0.383 e. The summed E-state index contributed by atoms with van der Waals surface area (Å²) >= 11 is 0. The van der Waals surface area contributed by atoms with Crippen molar-refractivity contribution in [3.05, 3.63) is 28.6 Å². The van der Waals surface area contributed by atoms with Crippen LogP contribution in [0.15, 0.2) is 6.07 Å². The van der Waals surface area contributed by atoms with Crippen LogP contribution in [0.2, 0.25) is 0 Å². The van der Waals surface area contributed by atoms with Gasteiger partial charge in [0.1, 0.15) is 0 Å². The van der Waals surface area contributed by atoms with Crippen LogP contribution in [0.25, 0.3) is 0 Å². The van der Waals surface area contributed by atoms with Crippen LogP contribution in [0.4, 0.5) is 0 Å². The van der Waals surface area contributed by atoms with Crippen molar-refractivity contribution in [3.63, 3.8) is 0 Å². The Morgan fingerprint density at radius 1 is 1.29 bits per heavy atom. The SMILES string of the molecule is COCC(C)NC(C)c1c(C)cc(C)nc1C. The molecule has 0 aliphatic carbocycles. The minimum absolute atomic E-state index is 0.299. The second-order valence-electron chi connectivity index (χ2n) is 4.82. The van der Waals surface area contributed by atoms with Gasteiger partial charge in [0.25, 0.3) is 0 Å². The second-order valence-corrected chi connectivity index (χ2v) is 4.82. The van der Waals surface area contributed by atoms with Crippen molar-refractivity contribution in [2.75, 3.05) is 13.7 Å². The molecular weight excluding hydrogens is 212 g/mol. The zero-order valence-corrected chi connectivity index (χ0v) is 11.8. The molecule has 1 rings (SSSR count). The van der Waals surface area contributed by atoms with Gasteiger partial charge in [0.05, 0.1) is 6.61 Å². The van der Waals surface area contributed by atoms with Crippen LogP contribution in [-0.4, -0.2) is 24.7 Å². The number of aryl methyl sites for hydroxylation is 3. The lowest BCUT2D eigenvalue weighted by atomic mass is 10.00. The summed E-state index contributed by atoms with van der Waals surface area (Å²) in [5, 5.41) is 3.53. The van der Waals surface area contributed by atoms with Gasteiger partial charge in [-0.25, -0.2) is 0 Å². The van der Waals surface area contributed by atoms with E-state index in [9.17, 15) is 0 Å². The molecule has 2 atom stereocenters. The second kappa shape index (κ2) is 6.12. The lowest BCUT2D eigenvalue weighted by Crippen LogP contribution is -2.33. The molecule has 0 saturated heterocycles. The zero-order chi connectivity index (χ0) is 13.0. The molecule has 1 heterocycles. The summed E-state index contributed by atoms with van der Waals surface area (Å²) in [6.45, 7) is 11.3. The van der Waals surface area contributed by atoms with Crippen LogP contribution in [0.1, 0.15) is 42.4 Å². The van der Waals surface area contributed by atoms with Gasteiger partial charge < -0.3 is 10.1 Å². The molecule has 0 aromatic carbocycles. The molecule has 0 amide bonds. The summed E-state index contributed by atoms with van der Waals surface area (Å²) in [6, 6.07) is 2.78. The smallest absolute Gasteiger partial charge is 0.0613 e. The van der Waals surface area contributed by atoms with Crippen LogP contribution in [0.5, 0.6) is 0 Å². The molecule has 1 N–H and O–H groups in total. The lowest BCUT2D eigenvalue weighted by Gasteiger charge is -2.22. The number of aromatic nitrogens is 1. The zero-order valence-electron chi connectivity index (χ0n) is 11.8. The number of hydrogen-bond donors (Lipinski definition) is 1. The summed E-state index contributed by atoms with van der Waals surface area (Å²) in [5.41, 5.74) is 4.81. The first kappa shape index (κ1) is 14.1. The molecule has 0 radical (unpaired) electrons. The predicted octanol–water partition coefficient (Wildman–Crippen LogP) is 2.69. The van der Waals surface area contributed by atoms with E-state index in [1.807, 2.05) is 6.92 Å². The fraction of sp³-hybridized carbons (Fsp3) is 0.643. The summed E-state index contributed by atoms with van der Waals surface area (Å²) in [4.78, 5) is 4.54. The average Bonchev–Trinajstić information content (AvgIpc) is 2.15. The quantitative estimate of drug-likeness (QED) is 0.853. The molecule has 3 nitrogen and oxygen atoms in total. The maximum atomic E-state index is 5.14. The van der Waals surface area contributed by atoms with Gasteiger partial charge in [-0.05, 0) is 51.8 Å². The molecule has 1 aromatic heterocycles. The van der Waals surface area contributed by atoms with Crippen molar-refractivity contribution in [2.24, 2.45) is 0 Å². The Hall–Kier alpha value is -0.930. The molecule has 1 aromatic rings. The van der Waals surface area contributed by atoms with Crippen LogP contribution in [-0.2, 0) is 4.74 Å². The molecule has 0 saturated carbocycles. The molecule has 0 aliphatic heterocycles. The first-order valence-electron chi connectivity index (χ1n) is 6.15. The lowest BCUT2D eigenvalue weighted by molar-refractivity contribution is 0.167. The van der Waals surface area contributed by atoms with Gasteiger partial charge in [0.2, 0.25) is 0 Å². The molecule has 0 aliphatic rings. The Kier molecular flexibility index (Phi) is 5.09. The third kappa shape index (κ3) is 3.79. The van der Waals surface area contributed by atoms with Crippen molar-refractivity contribution < 1.29 is 4.74 Å². The maximum absolute atomic E-state index is 5.14. The molecule has 2 unspecified atom stereocenters. The van der Waals surface area contributed by atoms with Crippen LogP contribution < -0.4 is 5.32 Å². The molecule has 96 valence electrons. The highest BCUT2D eigenvalue weighted by molar-refractivity contribution is 5.33. The van der Waals surface area contributed by atoms with Gasteiger partial charge in [-0.1, -0.05) is 0 Å². The maximum Gasteiger partial charge on any atom is 0.0613 e. The minimum Gasteiger partial charge on any atom is -0.383 e.